The highest BCUT2D eigenvalue weighted by atomic mass is 16.3. The van der Waals surface area contributed by atoms with Crippen LogP contribution in [0.25, 0.3) is 11.3 Å². The first-order chi connectivity index (χ1) is 10.2. The minimum Gasteiger partial charge on any atom is -0.395 e. The quantitative estimate of drug-likeness (QED) is 0.785. The summed E-state index contributed by atoms with van der Waals surface area (Å²) in [6.45, 7) is 7.01. The Balaban J connectivity index is 2.13. The van der Waals surface area contributed by atoms with E-state index in [2.05, 4.69) is 53.2 Å². The molecular weight excluding hydrogens is 262 g/mol. The predicted molar refractivity (Wildman–Crippen MR) is 86.0 cm³/mol. The van der Waals surface area contributed by atoms with Crippen LogP contribution in [0.5, 0.6) is 0 Å². The molecule has 0 aliphatic heterocycles. The van der Waals surface area contributed by atoms with Crippen LogP contribution >= 0.6 is 0 Å². The summed E-state index contributed by atoms with van der Waals surface area (Å²) in [6.07, 6.45) is 4.21. The van der Waals surface area contributed by atoms with Gasteiger partial charge < -0.3 is 5.11 Å². The largest absolute Gasteiger partial charge is 0.395 e. The number of nitrogens with one attached hydrogen (secondary N) is 1. The third-order valence-corrected chi connectivity index (χ3v) is 3.70. The first kappa shape index (κ1) is 15.7. The van der Waals surface area contributed by atoms with Crippen molar-refractivity contribution in [3.63, 3.8) is 0 Å². The number of H-pyrrole nitrogens is 1. The highest BCUT2D eigenvalue weighted by Crippen LogP contribution is 2.22. The number of aliphatic hydroxyl groups excluding tert-OH is 1. The third-order valence-electron chi connectivity index (χ3n) is 3.70. The molecule has 114 valence electrons. The molecule has 0 bridgehead atoms. The third kappa shape index (κ3) is 4.41. The number of unbranched alkanes of at least 4 members (excludes halogenated alkanes) is 1. The molecule has 4 nitrogen and oxygen atoms in total. The van der Waals surface area contributed by atoms with Crippen LogP contribution in [0.3, 0.4) is 0 Å². The van der Waals surface area contributed by atoms with Crippen molar-refractivity contribution in [2.24, 2.45) is 0 Å². The SMILES string of the molecule is CCCCN(CCO)Cc1cn[nH]c1-c1ccc(C)cc1. The summed E-state index contributed by atoms with van der Waals surface area (Å²) in [6, 6.07) is 8.47. The second-order valence-electron chi connectivity index (χ2n) is 5.49. The van der Waals surface area contributed by atoms with Crippen LogP contribution in [0.1, 0.15) is 30.9 Å². The summed E-state index contributed by atoms with van der Waals surface area (Å²) < 4.78 is 0. The smallest absolute Gasteiger partial charge is 0.0695 e. The molecule has 1 aromatic carbocycles. The average molecular weight is 287 g/mol. The summed E-state index contributed by atoms with van der Waals surface area (Å²) in [5, 5.41) is 16.5. The van der Waals surface area contributed by atoms with Crippen molar-refractivity contribution in [1.82, 2.24) is 15.1 Å². The summed E-state index contributed by atoms with van der Waals surface area (Å²) >= 11 is 0. The van der Waals surface area contributed by atoms with Gasteiger partial charge in [0.15, 0.2) is 0 Å². The topological polar surface area (TPSA) is 52.1 Å². The number of aromatic nitrogens is 2. The van der Waals surface area contributed by atoms with Gasteiger partial charge in [-0.15, -0.1) is 0 Å². The van der Waals surface area contributed by atoms with Gasteiger partial charge in [0.2, 0.25) is 0 Å². The Morgan fingerprint density at radius 1 is 1.19 bits per heavy atom. The number of rotatable bonds is 8. The maximum atomic E-state index is 9.22. The molecule has 2 rings (SSSR count). The van der Waals surface area contributed by atoms with Crippen LogP contribution in [0.2, 0.25) is 0 Å². The van der Waals surface area contributed by atoms with Crippen LogP contribution in [0, 0.1) is 6.92 Å². The molecule has 0 atom stereocenters. The van der Waals surface area contributed by atoms with E-state index in [9.17, 15) is 5.11 Å². The molecule has 0 saturated heterocycles. The Morgan fingerprint density at radius 2 is 1.95 bits per heavy atom. The van der Waals surface area contributed by atoms with E-state index in [-0.39, 0.29) is 6.61 Å². The lowest BCUT2D eigenvalue weighted by atomic mass is 10.1. The normalized spacial score (nSPS) is 11.2. The van der Waals surface area contributed by atoms with Crippen molar-refractivity contribution in [3.05, 3.63) is 41.6 Å². The van der Waals surface area contributed by atoms with Gasteiger partial charge in [-0.25, -0.2) is 0 Å². The van der Waals surface area contributed by atoms with E-state index in [4.69, 9.17) is 0 Å². The Labute approximate surface area is 126 Å². The van der Waals surface area contributed by atoms with E-state index < -0.39 is 0 Å². The van der Waals surface area contributed by atoms with Gasteiger partial charge in [0.1, 0.15) is 0 Å². The molecule has 4 heteroatoms. The number of nitrogens with zero attached hydrogens (tertiary/aromatic N) is 2. The fourth-order valence-corrected chi connectivity index (χ4v) is 2.44. The lowest BCUT2D eigenvalue weighted by molar-refractivity contribution is 0.188. The monoisotopic (exact) mass is 287 g/mol. The molecule has 0 saturated carbocycles. The lowest BCUT2D eigenvalue weighted by Gasteiger charge is -2.21. The van der Waals surface area contributed by atoms with Gasteiger partial charge in [0, 0.05) is 18.7 Å². The fourth-order valence-electron chi connectivity index (χ4n) is 2.44. The zero-order valence-electron chi connectivity index (χ0n) is 13.0. The van der Waals surface area contributed by atoms with Crippen LogP contribution in [0.15, 0.2) is 30.5 Å². The Morgan fingerprint density at radius 3 is 2.62 bits per heavy atom. The second kappa shape index (κ2) is 7.96. The first-order valence-corrected chi connectivity index (χ1v) is 7.67. The molecular formula is C17H25N3O. The van der Waals surface area contributed by atoms with Crippen LogP contribution in [0.4, 0.5) is 0 Å². The zero-order chi connectivity index (χ0) is 15.1. The van der Waals surface area contributed by atoms with Crippen LogP contribution in [-0.2, 0) is 6.54 Å². The molecule has 0 aliphatic rings. The maximum absolute atomic E-state index is 9.22. The summed E-state index contributed by atoms with van der Waals surface area (Å²) in [5.41, 5.74) is 4.68. The van der Waals surface area contributed by atoms with Gasteiger partial charge in [-0.3, -0.25) is 10.00 Å². The number of aryl methyl sites for hydroxylation is 1. The van der Waals surface area contributed by atoms with E-state index in [0.717, 1.165) is 37.2 Å². The molecule has 2 N–H and O–H groups in total. The summed E-state index contributed by atoms with van der Waals surface area (Å²) in [7, 11) is 0. The molecule has 0 spiro atoms. The molecule has 21 heavy (non-hydrogen) atoms. The summed E-state index contributed by atoms with van der Waals surface area (Å²) in [5.74, 6) is 0. The minimum atomic E-state index is 0.196. The number of benzene rings is 1. The molecule has 1 aromatic heterocycles. The highest BCUT2D eigenvalue weighted by molar-refractivity contribution is 5.62. The highest BCUT2D eigenvalue weighted by Gasteiger charge is 2.12. The van der Waals surface area contributed by atoms with Gasteiger partial charge in [0.25, 0.3) is 0 Å². The Bertz CT molecular complexity index is 533. The summed E-state index contributed by atoms with van der Waals surface area (Å²) in [4.78, 5) is 2.28. The van der Waals surface area contributed by atoms with Gasteiger partial charge in [0.05, 0.1) is 18.5 Å². The van der Waals surface area contributed by atoms with Crippen molar-refractivity contribution < 1.29 is 5.11 Å². The number of hydrogen-bond donors (Lipinski definition) is 2. The van der Waals surface area contributed by atoms with Crippen LogP contribution < -0.4 is 0 Å². The average Bonchev–Trinajstić information content (AvgIpc) is 2.94. The van der Waals surface area contributed by atoms with Gasteiger partial charge in [-0.1, -0.05) is 43.2 Å². The van der Waals surface area contributed by atoms with Crippen molar-refractivity contribution in [2.75, 3.05) is 19.7 Å². The minimum absolute atomic E-state index is 0.196. The van der Waals surface area contributed by atoms with Crippen molar-refractivity contribution in [1.29, 1.82) is 0 Å². The van der Waals surface area contributed by atoms with E-state index in [1.54, 1.807) is 0 Å². The molecule has 2 aromatic rings. The van der Waals surface area contributed by atoms with Gasteiger partial charge in [-0.2, -0.15) is 5.10 Å². The fraction of sp³-hybridized carbons (Fsp3) is 0.471. The lowest BCUT2D eigenvalue weighted by Crippen LogP contribution is -2.27. The Kier molecular flexibility index (Phi) is 5.96. The predicted octanol–water partition coefficient (Wildman–Crippen LogP) is 2.98. The van der Waals surface area contributed by atoms with E-state index in [1.165, 1.54) is 11.1 Å². The van der Waals surface area contributed by atoms with E-state index in [0.29, 0.717) is 6.54 Å². The standard InChI is InChI=1S/C17H25N3O/c1-3-4-9-20(10-11-21)13-16-12-18-19-17(16)15-7-5-14(2)6-8-15/h5-8,12,21H,3-4,9-11,13H2,1-2H3,(H,18,19). The van der Waals surface area contributed by atoms with E-state index in [1.807, 2.05) is 6.20 Å². The molecule has 0 fully saturated rings. The molecule has 1 heterocycles. The van der Waals surface area contributed by atoms with Crippen molar-refractivity contribution in [2.45, 2.75) is 33.2 Å². The molecule has 0 radical (unpaired) electrons. The number of hydrogen-bond acceptors (Lipinski definition) is 3. The molecule has 0 unspecified atom stereocenters. The Hall–Kier alpha value is -1.65. The molecule has 0 aliphatic carbocycles. The van der Waals surface area contributed by atoms with Crippen molar-refractivity contribution in [3.8, 4) is 11.3 Å². The van der Waals surface area contributed by atoms with Crippen molar-refractivity contribution >= 4 is 0 Å². The molecule has 0 amide bonds. The number of aliphatic hydroxyl groups is 1. The second-order valence-corrected chi connectivity index (χ2v) is 5.49. The van der Waals surface area contributed by atoms with E-state index >= 15 is 0 Å². The maximum Gasteiger partial charge on any atom is 0.0695 e. The van der Waals surface area contributed by atoms with Crippen LogP contribution in [-0.4, -0.2) is 39.9 Å². The van der Waals surface area contributed by atoms with Gasteiger partial charge >= 0.3 is 0 Å². The number of aromatic amines is 1. The zero-order valence-corrected chi connectivity index (χ0v) is 13.0. The first-order valence-electron chi connectivity index (χ1n) is 7.67. The van der Waals surface area contributed by atoms with Gasteiger partial charge in [-0.05, 0) is 25.5 Å².